The van der Waals surface area contributed by atoms with E-state index >= 15 is 0 Å². The van der Waals surface area contributed by atoms with Crippen molar-refractivity contribution in [3.05, 3.63) is 0 Å². The SMILES string of the molecule is CCO.N#C[S][Hg][S]C#N. The van der Waals surface area contributed by atoms with Gasteiger partial charge in [-0.05, 0) is 6.92 Å². The van der Waals surface area contributed by atoms with Gasteiger partial charge in [0, 0.05) is 6.61 Å². The molecule has 0 aromatic rings. The molecule has 0 amide bonds. The second-order valence-electron chi connectivity index (χ2n) is 0.905. The van der Waals surface area contributed by atoms with Crippen LogP contribution < -0.4 is 0 Å². The summed E-state index contributed by atoms with van der Waals surface area (Å²) in [7, 11) is 2.60. The van der Waals surface area contributed by atoms with Gasteiger partial charge in [0.25, 0.3) is 0 Å². The number of rotatable bonds is 2. The molecule has 0 saturated carbocycles. The van der Waals surface area contributed by atoms with E-state index in [9.17, 15) is 0 Å². The van der Waals surface area contributed by atoms with E-state index in [0.29, 0.717) is 0 Å². The molecule has 0 bridgehead atoms. The van der Waals surface area contributed by atoms with Gasteiger partial charge in [-0.3, -0.25) is 0 Å². The molecule has 0 spiro atoms. The van der Waals surface area contributed by atoms with Crippen LogP contribution in [0.3, 0.4) is 0 Å². The van der Waals surface area contributed by atoms with Crippen LogP contribution in [0.25, 0.3) is 0 Å². The van der Waals surface area contributed by atoms with Crippen LogP contribution in [0, 0.1) is 21.3 Å². The van der Waals surface area contributed by atoms with Crippen molar-refractivity contribution < 1.29 is 26.7 Å². The van der Waals surface area contributed by atoms with Crippen molar-refractivity contribution in [2.75, 3.05) is 6.61 Å². The first-order chi connectivity index (χ1) is 4.83. The molecule has 0 aliphatic rings. The van der Waals surface area contributed by atoms with Gasteiger partial charge in [0.1, 0.15) is 0 Å². The van der Waals surface area contributed by atoms with Crippen LogP contribution in [0.15, 0.2) is 0 Å². The number of nitriles is 2. The zero-order valence-electron chi connectivity index (χ0n) is 5.57. The van der Waals surface area contributed by atoms with Gasteiger partial charge in [-0.1, -0.05) is 0 Å². The first kappa shape index (κ1) is 13.2. The van der Waals surface area contributed by atoms with E-state index in [1.54, 1.807) is 6.92 Å². The molecule has 10 heavy (non-hydrogen) atoms. The maximum atomic E-state index is 7.94. The molecule has 0 heterocycles. The van der Waals surface area contributed by atoms with Gasteiger partial charge in [-0.25, -0.2) is 0 Å². The quantitative estimate of drug-likeness (QED) is 0.456. The zero-order chi connectivity index (χ0) is 8.24. The Morgan fingerprint density at radius 2 is 1.70 bits per heavy atom. The van der Waals surface area contributed by atoms with E-state index in [4.69, 9.17) is 15.6 Å². The minimum absolute atomic E-state index is 0.250. The van der Waals surface area contributed by atoms with E-state index in [1.807, 2.05) is 10.8 Å². The Balaban J connectivity index is 0. The van der Waals surface area contributed by atoms with Crippen LogP contribution in [-0.4, -0.2) is 11.7 Å². The molecule has 0 fully saturated rings. The van der Waals surface area contributed by atoms with Gasteiger partial charge >= 0.3 is 59.4 Å². The molecule has 0 radical (unpaired) electrons. The fourth-order valence-electron chi connectivity index (χ4n) is 0.0822. The van der Waals surface area contributed by atoms with Crippen molar-refractivity contribution in [3.8, 4) is 10.8 Å². The summed E-state index contributed by atoms with van der Waals surface area (Å²) in [5.41, 5.74) is 0. The summed E-state index contributed by atoms with van der Waals surface area (Å²) >= 11 is -1.09. The molecular weight excluding hydrogens is 357 g/mol. The van der Waals surface area contributed by atoms with Crippen molar-refractivity contribution in [1.82, 2.24) is 0 Å². The van der Waals surface area contributed by atoms with Crippen LogP contribution in [0.2, 0.25) is 0 Å². The third-order valence-electron chi connectivity index (χ3n) is 0.247. The molecule has 1 N–H and O–H groups in total. The van der Waals surface area contributed by atoms with E-state index in [-0.39, 0.29) is 6.61 Å². The van der Waals surface area contributed by atoms with Crippen molar-refractivity contribution in [2.24, 2.45) is 0 Å². The van der Waals surface area contributed by atoms with Crippen LogP contribution in [0.5, 0.6) is 0 Å². The normalized spacial score (nSPS) is 5.60. The summed E-state index contributed by atoms with van der Waals surface area (Å²) in [6.45, 7) is 1.93. The van der Waals surface area contributed by atoms with Crippen LogP contribution in [-0.2, 0) is 21.5 Å². The Kier molecular flexibility index (Phi) is 21.5. The molecule has 0 aromatic carbocycles. The monoisotopic (exact) mass is 364 g/mol. The van der Waals surface area contributed by atoms with E-state index in [0.717, 1.165) is 0 Å². The molecule has 3 nitrogen and oxygen atoms in total. The summed E-state index contributed by atoms with van der Waals surface area (Å²) in [5, 5.41) is 27.3. The Bertz CT molecular complexity index is 116. The topological polar surface area (TPSA) is 67.8 Å². The first-order valence-electron chi connectivity index (χ1n) is 2.46. The standard InChI is InChI=1S/C2H6O.2CHNS.Hg/c1-2-3;2*2-1-3;/h3H,2H2,1H3;2*3H;/q;;;+2/p-2. The van der Waals surface area contributed by atoms with Crippen LogP contribution in [0.4, 0.5) is 0 Å². The van der Waals surface area contributed by atoms with Gasteiger partial charge in [0.2, 0.25) is 0 Å². The molecule has 0 unspecified atom stereocenters. The Labute approximate surface area is 77.5 Å². The number of aliphatic hydroxyl groups is 1. The van der Waals surface area contributed by atoms with E-state index in [1.165, 1.54) is 16.5 Å². The van der Waals surface area contributed by atoms with Gasteiger partial charge in [0.15, 0.2) is 0 Å². The number of thiocyanates is 2. The van der Waals surface area contributed by atoms with Crippen molar-refractivity contribution in [1.29, 1.82) is 10.5 Å². The molecule has 52 valence electrons. The van der Waals surface area contributed by atoms with Crippen molar-refractivity contribution in [3.63, 3.8) is 0 Å². The summed E-state index contributed by atoms with van der Waals surface area (Å²) in [6.07, 6.45) is 0. The summed E-state index contributed by atoms with van der Waals surface area (Å²) in [4.78, 5) is 0. The second kappa shape index (κ2) is 16.3. The van der Waals surface area contributed by atoms with Gasteiger partial charge in [0.05, 0.1) is 0 Å². The summed E-state index contributed by atoms with van der Waals surface area (Å²) < 4.78 is 0. The van der Waals surface area contributed by atoms with Gasteiger partial charge in [-0.15, -0.1) is 0 Å². The Morgan fingerprint density at radius 3 is 1.90 bits per heavy atom. The fourth-order valence-corrected chi connectivity index (χ4v) is 6.49. The zero-order valence-corrected chi connectivity index (χ0v) is 12.7. The first-order valence-corrected chi connectivity index (χ1v) is 17.9. The third-order valence-corrected chi connectivity index (χ3v) is 12.7. The average Bonchev–Trinajstić information content (AvgIpc) is 1.91. The molecule has 6 heteroatoms. The predicted molar refractivity (Wildman–Crippen MR) is 39.2 cm³/mol. The molecular formula is C4H6HgN2OS2. The van der Waals surface area contributed by atoms with Crippen LogP contribution in [0.1, 0.15) is 6.92 Å². The number of hydrogen-bond acceptors (Lipinski definition) is 5. The molecule has 0 atom stereocenters. The van der Waals surface area contributed by atoms with Gasteiger partial charge < -0.3 is 5.11 Å². The molecule has 0 aliphatic carbocycles. The molecule has 0 aromatic heterocycles. The minimum atomic E-state index is -1.09. The summed E-state index contributed by atoms with van der Waals surface area (Å²) in [6, 6.07) is 0. The Morgan fingerprint density at radius 1 is 1.40 bits per heavy atom. The maximum absolute atomic E-state index is 7.94. The van der Waals surface area contributed by atoms with Crippen molar-refractivity contribution in [2.45, 2.75) is 6.92 Å². The number of hydrogen-bond donors (Lipinski definition) is 1. The third kappa shape index (κ3) is 23.5. The second-order valence-corrected chi connectivity index (χ2v) is 17.8. The number of nitrogens with zero attached hydrogens (tertiary/aromatic N) is 2. The number of aliphatic hydroxyl groups excluding tert-OH is 1. The summed E-state index contributed by atoms with van der Waals surface area (Å²) in [5.74, 6) is 0. The fraction of sp³-hybridized carbons (Fsp3) is 0.500. The molecule has 0 aliphatic heterocycles. The average molecular weight is 363 g/mol. The molecule has 0 saturated heterocycles. The van der Waals surface area contributed by atoms with Crippen LogP contribution >= 0.6 is 16.5 Å². The van der Waals surface area contributed by atoms with E-state index < -0.39 is 21.5 Å². The Hall–Kier alpha value is 0.575. The van der Waals surface area contributed by atoms with Crippen molar-refractivity contribution >= 4 is 16.5 Å². The van der Waals surface area contributed by atoms with E-state index in [2.05, 4.69) is 0 Å². The van der Waals surface area contributed by atoms with Gasteiger partial charge in [-0.2, -0.15) is 0 Å². The predicted octanol–water partition coefficient (Wildman–Crippen LogP) is 1.33. The molecule has 0 rings (SSSR count).